The van der Waals surface area contributed by atoms with Crippen LogP contribution in [-0.4, -0.2) is 54.1 Å². The number of rotatable bonds is 0. The van der Waals surface area contributed by atoms with E-state index in [1.165, 1.54) is 0 Å². The van der Waals surface area contributed by atoms with Gasteiger partial charge in [0.15, 0.2) is 0 Å². The number of anilines is 1. The van der Waals surface area contributed by atoms with E-state index in [-0.39, 0.29) is 23.9 Å². The summed E-state index contributed by atoms with van der Waals surface area (Å²) in [4.78, 5) is 26.1. The zero-order valence-electron chi connectivity index (χ0n) is 15.1. The van der Waals surface area contributed by atoms with E-state index >= 15 is 0 Å². The zero-order valence-corrected chi connectivity index (χ0v) is 15.9. The number of benzene rings is 1. The summed E-state index contributed by atoms with van der Waals surface area (Å²) in [5.74, 6) is 0.474. The number of hydrogen-bond donors (Lipinski definition) is 0. The van der Waals surface area contributed by atoms with Gasteiger partial charge in [0, 0.05) is 25.2 Å². The number of amides is 1. The molecule has 4 rings (SSSR count). The molecule has 0 aliphatic carbocycles. The highest BCUT2D eigenvalue weighted by Gasteiger charge is 2.36. The molecule has 2 bridgehead atoms. The van der Waals surface area contributed by atoms with Crippen molar-refractivity contribution in [3.05, 3.63) is 23.3 Å². The van der Waals surface area contributed by atoms with Gasteiger partial charge in [0.1, 0.15) is 24.6 Å². The van der Waals surface area contributed by atoms with Crippen molar-refractivity contribution in [3.8, 4) is 5.75 Å². The number of cyclic esters (lactones) is 1. The normalized spacial score (nSPS) is 21.8. The summed E-state index contributed by atoms with van der Waals surface area (Å²) in [5, 5.41) is 0.0890. The van der Waals surface area contributed by atoms with Gasteiger partial charge < -0.3 is 23.4 Å². The lowest BCUT2D eigenvalue weighted by Gasteiger charge is -2.28. The Kier molecular flexibility index (Phi) is 4.17. The maximum Gasteiger partial charge on any atom is 0.410 e. The summed E-state index contributed by atoms with van der Waals surface area (Å²) >= 11 is 1.66. The van der Waals surface area contributed by atoms with Gasteiger partial charge in [-0.1, -0.05) is 0 Å². The lowest BCUT2D eigenvalue weighted by Crippen LogP contribution is -2.42. The molecule has 7 nitrogen and oxygen atoms in total. The second kappa shape index (κ2) is 6.26. The summed E-state index contributed by atoms with van der Waals surface area (Å²) in [5.41, 5.74) is 1.84. The molecule has 0 spiro atoms. The predicted octanol–water partition coefficient (Wildman–Crippen LogP) is 2.82. The van der Waals surface area contributed by atoms with E-state index in [9.17, 15) is 9.59 Å². The number of esters is 1. The van der Waals surface area contributed by atoms with Gasteiger partial charge in [0.05, 0.1) is 16.5 Å². The lowest BCUT2D eigenvalue weighted by atomic mass is 10.1. The Morgan fingerprint density at radius 2 is 2.08 bits per heavy atom. The first-order valence-corrected chi connectivity index (χ1v) is 9.53. The van der Waals surface area contributed by atoms with Crippen molar-refractivity contribution < 1.29 is 23.8 Å². The fourth-order valence-electron chi connectivity index (χ4n) is 3.29. The number of nitrogens with zero attached hydrogens (tertiary/aromatic N) is 2. The highest BCUT2D eigenvalue weighted by molar-refractivity contribution is 8.01. The van der Waals surface area contributed by atoms with Gasteiger partial charge in [-0.05, 0) is 44.9 Å². The molecular formula is C18H22N2O5S. The smallest absolute Gasteiger partial charge is 0.410 e. The number of carbonyl (C=O) groups excluding carboxylic acids is 2. The molecule has 1 aromatic rings. The molecule has 1 fully saturated rings. The minimum Gasteiger partial charge on any atom is -0.490 e. The van der Waals surface area contributed by atoms with Crippen molar-refractivity contribution in [1.29, 1.82) is 0 Å². The summed E-state index contributed by atoms with van der Waals surface area (Å²) in [6.45, 7) is 8.08. The van der Waals surface area contributed by atoms with E-state index in [1.54, 1.807) is 22.9 Å². The molecule has 1 atom stereocenters. The zero-order chi connectivity index (χ0) is 18.5. The Morgan fingerprint density at radius 1 is 1.27 bits per heavy atom. The maximum absolute atomic E-state index is 12.5. The minimum atomic E-state index is -0.523. The van der Waals surface area contributed by atoms with Crippen LogP contribution in [0.15, 0.2) is 12.1 Å². The average Bonchev–Trinajstić information content (AvgIpc) is 2.74. The number of fused-ring (bicyclic) bond motifs is 6. The van der Waals surface area contributed by atoms with E-state index in [4.69, 9.17) is 14.2 Å². The molecule has 1 amide bonds. The van der Waals surface area contributed by atoms with Crippen molar-refractivity contribution in [2.45, 2.75) is 38.2 Å². The molecule has 0 N–H and O–H groups in total. The van der Waals surface area contributed by atoms with Crippen LogP contribution in [0, 0.1) is 0 Å². The average molecular weight is 378 g/mol. The topological polar surface area (TPSA) is 68.3 Å². The van der Waals surface area contributed by atoms with Gasteiger partial charge in [-0.15, -0.1) is 0 Å². The van der Waals surface area contributed by atoms with Gasteiger partial charge in [-0.2, -0.15) is 0 Å². The van der Waals surface area contributed by atoms with Crippen molar-refractivity contribution in [2.24, 2.45) is 0 Å². The third-order valence-corrected chi connectivity index (χ3v) is 5.62. The lowest BCUT2D eigenvalue weighted by molar-refractivity contribution is 0.0254. The predicted molar refractivity (Wildman–Crippen MR) is 97.6 cm³/mol. The second-order valence-electron chi connectivity index (χ2n) is 7.58. The molecule has 0 unspecified atom stereocenters. The largest absolute Gasteiger partial charge is 0.490 e. The van der Waals surface area contributed by atoms with E-state index in [0.29, 0.717) is 31.8 Å². The Labute approximate surface area is 156 Å². The molecular weight excluding hydrogens is 356 g/mol. The molecule has 0 radical (unpaired) electrons. The molecule has 0 saturated carbocycles. The van der Waals surface area contributed by atoms with Crippen LogP contribution in [0.2, 0.25) is 0 Å². The summed E-state index contributed by atoms with van der Waals surface area (Å²) in [7, 11) is 0. The molecule has 3 heterocycles. The SMILES string of the molecule is CC(C)(C)OC(=O)N1CCN2S[C@H](COc3ccc4c(c32)COC4=O)C1. The molecule has 140 valence electrons. The Balaban J connectivity index is 1.61. The van der Waals surface area contributed by atoms with Crippen molar-refractivity contribution in [2.75, 3.05) is 30.5 Å². The quantitative estimate of drug-likeness (QED) is 0.508. The Morgan fingerprint density at radius 3 is 2.85 bits per heavy atom. The molecule has 3 aliphatic rings. The van der Waals surface area contributed by atoms with E-state index < -0.39 is 5.60 Å². The van der Waals surface area contributed by atoms with Gasteiger partial charge in [-0.25, -0.2) is 9.59 Å². The fraction of sp³-hybridized carbons (Fsp3) is 0.556. The van der Waals surface area contributed by atoms with Crippen LogP contribution < -0.4 is 9.04 Å². The molecule has 26 heavy (non-hydrogen) atoms. The molecule has 3 aliphatic heterocycles. The third kappa shape index (κ3) is 3.18. The highest BCUT2D eigenvalue weighted by atomic mass is 32.2. The van der Waals surface area contributed by atoms with Crippen molar-refractivity contribution in [3.63, 3.8) is 0 Å². The fourth-order valence-corrected chi connectivity index (χ4v) is 4.52. The minimum absolute atomic E-state index is 0.0890. The van der Waals surface area contributed by atoms with Gasteiger partial charge in [0.2, 0.25) is 0 Å². The summed E-state index contributed by atoms with van der Waals surface area (Å²) in [6, 6.07) is 3.61. The van der Waals surface area contributed by atoms with Crippen LogP contribution >= 0.6 is 11.9 Å². The monoisotopic (exact) mass is 378 g/mol. The number of ether oxygens (including phenoxy) is 3. The first-order chi connectivity index (χ1) is 12.3. The highest BCUT2D eigenvalue weighted by Crippen LogP contribution is 2.44. The van der Waals surface area contributed by atoms with Gasteiger partial charge >= 0.3 is 12.1 Å². The number of carbonyl (C=O) groups is 2. The van der Waals surface area contributed by atoms with Crippen LogP contribution in [0.5, 0.6) is 5.75 Å². The van der Waals surface area contributed by atoms with Crippen LogP contribution in [0.1, 0.15) is 36.7 Å². The van der Waals surface area contributed by atoms with Crippen LogP contribution in [-0.2, 0) is 16.1 Å². The number of hydrogen-bond acceptors (Lipinski definition) is 7. The van der Waals surface area contributed by atoms with E-state index in [0.717, 1.165) is 17.0 Å². The van der Waals surface area contributed by atoms with Crippen LogP contribution in [0.4, 0.5) is 10.5 Å². The molecule has 8 heteroatoms. The molecule has 1 saturated heterocycles. The first-order valence-electron chi connectivity index (χ1n) is 8.70. The van der Waals surface area contributed by atoms with Gasteiger partial charge in [0.25, 0.3) is 0 Å². The van der Waals surface area contributed by atoms with Crippen molar-refractivity contribution in [1.82, 2.24) is 4.90 Å². The van der Waals surface area contributed by atoms with E-state index in [1.807, 2.05) is 26.8 Å². The van der Waals surface area contributed by atoms with Gasteiger partial charge in [-0.3, -0.25) is 0 Å². The second-order valence-corrected chi connectivity index (χ2v) is 8.90. The Hall–Kier alpha value is -2.09. The van der Waals surface area contributed by atoms with Crippen LogP contribution in [0.3, 0.4) is 0 Å². The molecule has 1 aromatic carbocycles. The standard InChI is InChI=1S/C18H22N2O5S/c1-18(2,3)25-17(22)19-6-7-20-15-13-10-24-16(21)12(13)4-5-14(15)23-9-11(8-19)26-20/h4-5,11H,6-10H2,1-3H3/t11-/m0/s1. The first kappa shape index (κ1) is 17.3. The van der Waals surface area contributed by atoms with Crippen LogP contribution in [0.25, 0.3) is 0 Å². The summed E-state index contributed by atoms with van der Waals surface area (Å²) in [6.07, 6.45) is -0.303. The van der Waals surface area contributed by atoms with Crippen molar-refractivity contribution >= 4 is 29.7 Å². The van der Waals surface area contributed by atoms with E-state index in [2.05, 4.69) is 4.31 Å². The Bertz CT molecular complexity index is 761. The third-order valence-electron chi connectivity index (χ3n) is 4.41. The molecule has 0 aromatic heterocycles. The summed E-state index contributed by atoms with van der Waals surface area (Å²) < 4.78 is 18.9. The maximum atomic E-state index is 12.5.